The molecule has 0 bridgehead atoms. The zero-order valence-electron chi connectivity index (χ0n) is 10.1. The van der Waals surface area contributed by atoms with Crippen LogP contribution in [0.25, 0.3) is 0 Å². The molecule has 7 heteroatoms. The second-order valence-corrected chi connectivity index (χ2v) is 5.50. The van der Waals surface area contributed by atoms with Crippen molar-refractivity contribution in [1.29, 1.82) is 0 Å². The van der Waals surface area contributed by atoms with E-state index in [4.69, 9.17) is 0 Å². The first-order valence-corrected chi connectivity index (χ1v) is 7.14. The minimum absolute atomic E-state index is 0.0262. The van der Waals surface area contributed by atoms with E-state index in [1.807, 2.05) is 24.3 Å². The van der Waals surface area contributed by atoms with Crippen molar-refractivity contribution in [3.8, 4) is 0 Å². The number of nitro benzene ring substituents is 1. The van der Waals surface area contributed by atoms with E-state index in [2.05, 4.69) is 42.4 Å². The van der Waals surface area contributed by atoms with Gasteiger partial charge >= 0.3 is 0 Å². The lowest BCUT2D eigenvalue weighted by Gasteiger charge is -2.02. The van der Waals surface area contributed by atoms with Crippen molar-refractivity contribution in [2.75, 3.05) is 5.43 Å². The molecule has 0 spiro atoms. The van der Waals surface area contributed by atoms with Gasteiger partial charge in [-0.2, -0.15) is 5.10 Å². The number of nitrogens with one attached hydrogen (secondary N) is 1. The van der Waals surface area contributed by atoms with Crippen LogP contribution in [0.3, 0.4) is 0 Å². The van der Waals surface area contributed by atoms with Crippen LogP contribution in [0, 0.1) is 10.1 Å². The lowest BCUT2D eigenvalue weighted by Crippen LogP contribution is -1.98. The fourth-order valence-electron chi connectivity index (χ4n) is 1.45. The molecule has 0 aromatic heterocycles. The normalized spacial score (nSPS) is 11.2. The molecule has 0 aliphatic carbocycles. The van der Waals surface area contributed by atoms with Gasteiger partial charge in [-0.3, -0.25) is 15.5 Å². The molecule has 0 radical (unpaired) electrons. The maximum absolute atomic E-state index is 10.7. The van der Waals surface area contributed by atoms with Crippen LogP contribution >= 0.6 is 31.9 Å². The molecule has 0 aliphatic heterocycles. The standard InChI is InChI=1S/C13H9Br2N3O2/c14-10-4-6-11(7-5-10)16-17-13(15)9-2-1-3-12(8-9)18(19)20/h1-8,16H/b17-13-. The van der Waals surface area contributed by atoms with Gasteiger partial charge in [0.25, 0.3) is 5.69 Å². The van der Waals surface area contributed by atoms with E-state index in [9.17, 15) is 10.1 Å². The van der Waals surface area contributed by atoms with E-state index in [1.165, 1.54) is 12.1 Å². The second-order valence-electron chi connectivity index (χ2n) is 3.83. The summed E-state index contributed by atoms with van der Waals surface area (Å²) >= 11 is 6.64. The average molecular weight is 399 g/mol. The number of benzene rings is 2. The van der Waals surface area contributed by atoms with Gasteiger partial charge in [0.05, 0.1) is 10.6 Å². The van der Waals surface area contributed by atoms with Gasteiger partial charge < -0.3 is 0 Å². The Morgan fingerprint density at radius 2 is 1.90 bits per heavy atom. The number of halogens is 2. The Kier molecular flexibility index (Phi) is 4.86. The van der Waals surface area contributed by atoms with E-state index < -0.39 is 4.92 Å². The van der Waals surface area contributed by atoms with Crippen molar-refractivity contribution < 1.29 is 4.92 Å². The molecule has 2 rings (SSSR count). The van der Waals surface area contributed by atoms with Gasteiger partial charge in [0.15, 0.2) is 0 Å². The van der Waals surface area contributed by atoms with Gasteiger partial charge in [0, 0.05) is 22.2 Å². The molecule has 0 saturated carbocycles. The Morgan fingerprint density at radius 3 is 2.55 bits per heavy atom. The highest BCUT2D eigenvalue weighted by Crippen LogP contribution is 2.17. The molecule has 2 aromatic rings. The number of nitro groups is 1. The van der Waals surface area contributed by atoms with Crippen LogP contribution in [0.2, 0.25) is 0 Å². The molecular formula is C13H9Br2N3O2. The Bertz CT molecular complexity index is 657. The summed E-state index contributed by atoms with van der Waals surface area (Å²) in [4.78, 5) is 10.3. The topological polar surface area (TPSA) is 67.5 Å². The molecule has 0 atom stereocenters. The molecule has 0 saturated heterocycles. The zero-order chi connectivity index (χ0) is 14.5. The first-order chi connectivity index (χ1) is 9.56. The minimum atomic E-state index is -0.439. The molecule has 1 N–H and O–H groups in total. The van der Waals surface area contributed by atoms with Crippen LogP contribution in [-0.2, 0) is 0 Å². The molecular weight excluding hydrogens is 390 g/mol. The van der Waals surface area contributed by atoms with Crippen LogP contribution in [0.5, 0.6) is 0 Å². The number of nitrogens with zero attached hydrogens (tertiary/aromatic N) is 2. The third-order valence-corrected chi connectivity index (χ3v) is 3.59. The second kappa shape index (κ2) is 6.62. The van der Waals surface area contributed by atoms with Crippen LogP contribution < -0.4 is 5.43 Å². The average Bonchev–Trinajstić information content (AvgIpc) is 2.46. The molecule has 0 unspecified atom stereocenters. The Morgan fingerprint density at radius 1 is 1.20 bits per heavy atom. The van der Waals surface area contributed by atoms with Gasteiger partial charge in [-0.15, -0.1) is 0 Å². The summed E-state index contributed by atoms with van der Waals surface area (Å²) in [7, 11) is 0. The monoisotopic (exact) mass is 397 g/mol. The fraction of sp³-hybridized carbons (Fsp3) is 0. The fourth-order valence-corrected chi connectivity index (χ4v) is 2.05. The third-order valence-electron chi connectivity index (χ3n) is 2.42. The molecule has 0 heterocycles. The Balaban J connectivity index is 2.16. The number of hydrogen-bond donors (Lipinski definition) is 1. The third kappa shape index (κ3) is 3.88. The van der Waals surface area contributed by atoms with E-state index in [-0.39, 0.29) is 5.69 Å². The van der Waals surface area contributed by atoms with Gasteiger partial charge in [0.1, 0.15) is 4.62 Å². The minimum Gasteiger partial charge on any atom is -0.277 e. The lowest BCUT2D eigenvalue weighted by molar-refractivity contribution is -0.384. The maximum atomic E-state index is 10.7. The molecule has 0 amide bonds. The van der Waals surface area contributed by atoms with E-state index >= 15 is 0 Å². The Labute approximate surface area is 132 Å². The Hall–Kier alpha value is -1.73. The SMILES string of the molecule is O=[N+]([O-])c1cccc(/C(Br)=N/Nc2ccc(Br)cc2)c1. The zero-order valence-corrected chi connectivity index (χ0v) is 13.3. The summed E-state index contributed by atoms with van der Waals surface area (Å²) in [6, 6.07) is 13.7. The molecule has 20 heavy (non-hydrogen) atoms. The molecule has 2 aromatic carbocycles. The van der Waals surface area contributed by atoms with Gasteiger partial charge in [-0.25, -0.2) is 0 Å². The van der Waals surface area contributed by atoms with Gasteiger partial charge in [-0.1, -0.05) is 28.1 Å². The van der Waals surface area contributed by atoms with Crippen molar-refractivity contribution >= 4 is 47.9 Å². The number of rotatable bonds is 4. The number of hydrogen-bond acceptors (Lipinski definition) is 4. The van der Waals surface area contributed by atoms with Crippen LogP contribution in [-0.4, -0.2) is 9.54 Å². The predicted octanol–water partition coefficient (Wildman–Crippen LogP) is 4.53. The van der Waals surface area contributed by atoms with Crippen molar-refractivity contribution in [2.24, 2.45) is 5.10 Å². The molecule has 0 aliphatic rings. The first kappa shape index (κ1) is 14.7. The van der Waals surface area contributed by atoms with Crippen LogP contribution in [0.4, 0.5) is 11.4 Å². The van der Waals surface area contributed by atoms with Crippen LogP contribution in [0.1, 0.15) is 5.56 Å². The highest BCUT2D eigenvalue weighted by atomic mass is 79.9. The number of non-ortho nitro benzene ring substituents is 1. The van der Waals surface area contributed by atoms with Crippen molar-refractivity contribution in [1.82, 2.24) is 0 Å². The quantitative estimate of drug-likeness (QED) is 0.467. The summed E-state index contributed by atoms with van der Waals surface area (Å²) in [5.74, 6) is 0. The number of anilines is 1. The molecule has 5 nitrogen and oxygen atoms in total. The van der Waals surface area contributed by atoms with Crippen LogP contribution in [0.15, 0.2) is 58.1 Å². The highest BCUT2D eigenvalue weighted by molar-refractivity contribution is 9.18. The summed E-state index contributed by atoms with van der Waals surface area (Å²) in [5, 5.41) is 14.9. The lowest BCUT2D eigenvalue weighted by atomic mass is 10.2. The smallest absolute Gasteiger partial charge is 0.270 e. The molecule has 0 fully saturated rings. The highest BCUT2D eigenvalue weighted by Gasteiger charge is 2.08. The van der Waals surface area contributed by atoms with E-state index in [0.29, 0.717) is 10.2 Å². The van der Waals surface area contributed by atoms with Crippen molar-refractivity contribution in [3.05, 3.63) is 68.7 Å². The van der Waals surface area contributed by atoms with E-state index in [1.54, 1.807) is 12.1 Å². The van der Waals surface area contributed by atoms with Gasteiger partial charge in [0.2, 0.25) is 0 Å². The molecule has 102 valence electrons. The van der Waals surface area contributed by atoms with E-state index in [0.717, 1.165) is 10.2 Å². The summed E-state index contributed by atoms with van der Waals surface area (Å²) in [6.07, 6.45) is 0. The van der Waals surface area contributed by atoms with Gasteiger partial charge in [-0.05, 0) is 40.2 Å². The summed E-state index contributed by atoms with van der Waals surface area (Å²) < 4.78 is 1.47. The van der Waals surface area contributed by atoms with Crippen molar-refractivity contribution in [3.63, 3.8) is 0 Å². The maximum Gasteiger partial charge on any atom is 0.270 e. The predicted molar refractivity (Wildman–Crippen MR) is 86.3 cm³/mol. The first-order valence-electron chi connectivity index (χ1n) is 5.56. The largest absolute Gasteiger partial charge is 0.277 e. The van der Waals surface area contributed by atoms with Crippen molar-refractivity contribution in [2.45, 2.75) is 0 Å². The summed E-state index contributed by atoms with van der Waals surface area (Å²) in [5.41, 5.74) is 4.34. The summed E-state index contributed by atoms with van der Waals surface area (Å²) in [6.45, 7) is 0. The number of hydrazone groups is 1.